The number of urea groups is 1. The zero-order chi connectivity index (χ0) is 16.5. The number of hydrogen-bond acceptors (Lipinski definition) is 2. The lowest BCUT2D eigenvalue weighted by Gasteiger charge is -2.46. The summed E-state index contributed by atoms with van der Waals surface area (Å²) >= 11 is 0. The van der Waals surface area contributed by atoms with E-state index in [2.05, 4.69) is 32.2 Å². The van der Waals surface area contributed by atoms with Crippen molar-refractivity contribution < 1.29 is 9.90 Å². The van der Waals surface area contributed by atoms with Gasteiger partial charge < -0.3 is 15.3 Å². The van der Waals surface area contributed by atoms with E-state index in [9.17, 15) is 9.90 Å². The number of carbonyl (C=O) groups excluding carboxylic acids is 1. The maximum Gasteiger partial charge on any atom is 0.321 e. The summed E-state index contributed by atoms with van der Waals surface area (Å²) in [6, 6.07) is 5.95. The predicted molar refractivity (Wildman–Crippen MR) is 90.1 cm³/mol. The van der Waals surface area contributed by atoms with Crippen molar-refractivity contribution in [2.75, 3.05) is 18.4 Å². The van der Waals surface area contributed by atoms with Crippen molar-refractivity contribution in [1.82, 2.24) is 4.90 Å². The Morgan fingerprint density at radius 2 is 1.64 bits per heavy atom. The number of benzene rings is 1. The molecule has 0 radical (unpaired) electrons. The summed E-state index contributed by atoms with van der Waals surface area (Å²) in [5, 5.41) is 13.7. The monoisotopic (exact) mass is 304 g/mol. The van der Waals surface area contributed by atoms with E-state index in [-0.39, 0.29) is 11.4 Å². The molecule has 0 atom stereocenters. The lowest BCUT2D eigenvalue weighted by atomic mass is 9.71. The maximum atomic E-state index is 12.4. The molecule has 4 nitrogen and oxygen atoms in total. The Balaban J connectivity index is 1.98. The van der Waals surface area contributed by atoms with Gasteiger partial charge in [-0.25, -0.2) is 4.79 Å². The molecule has 4 heteroatoms. The van der Waals surface area contributed by atoms with Crippen LogP contribution in [0.4, 0.5) is 10.5 Å². The molecule has 1 aliphatic rings. The second kappa shape index (κ2) is 5.92. The van der Waals surface area contributed by atoms with Gasteiger partial charge in [0.25, 0.3) is 0 Å². The highest BCUT2D eigenvalue weighted by Gasteiger charge is 2.43. The third kappa shape index (κ3) is 3.61. The summed E-state index contributed by atoms with van der Waals surface area (Å²) in [7, 11) is 0. The summed E-state index contributed by atoms with van der Waals surface area (Å²) in [5.74, 6) is 0. The molecule has 0 spiro atoms. The SMILES string of the molecule is Cc1cc(C)cc(NC(=O)N2CCC(O)(C(C)(C)C)CC2)c1. The highest BCUT2D eigenvalue weighted by Crippen LogP contribution is 2.38. The first-order valence-electron chi connectivity index (χ1n) is 7.97. The van der Waals surface area contributed by atoms with Gasteiger partial charge in [-0.2, -0.15) is 0 Å². The number of nitrogens with zero attached hydrogens (tertiary/aromatic N) is 1. The van der Waals surface area contributed by atoms with Gasteiger partial charge >= 0.3 is 6.03 Å². The van der Waals surface area contributed by atoms with Gasteiger partial charge in [0.05, 0.1) is 5.60 Å². The molecule has 2 amide bonds. The Hall–Kier alpha value is -1.55. The number of likely N-dealkylation sites (tertiary alicyclic amines) is 1. The zero-order valence-electron chi connectivity index (χ0n) is 14.4. The van der Waals surface area contributed by atoms with Crippen molar-refractivity contribution in [1.29, 1.82) is 0 Å². The molecular weight excluding hydrogens is 276 g/mol. The van der Waals surface area contributed by atoms with Crippen LogP contribution in [0.3, 0.4) is 0 Å². The van der Waals surface area contributed by atoms with Crippen LogP contribution in [0.5, 0.6) is 0 Å². The molecular formula is C18H28N2O2. The molecule has 1 aliphatic heterocycles. The molecule has 1 aromatic rings. The van der Waals surface area contributed by atoms with E-state index in [1.807, 2.05) is 26.0 Å². The molecule has 1 aromatic carbocycles. The highest BCUT2D eigenvalue weighted by molar-refractivity contribution is 5.89. The van der Waals surface area contributed by atoms with Gasteiger partial charge in [-0.1, -0.05) is 26.8 Å². The molecule has 0 aliphatic carbocycles. The van der Waals surface area contributed by atoms with E-state index in [0.29, 0.717) is 25.9 Å². The van der Waals surface area contributed by atoms with E-state index in [0.717, 1.165) is 16.8 Å². The van der Waals surface area contributed by atoms with Crippen LogP contribution in [-0.4, -0.2) is 34.7 Å². The topological polar surface area (TPSA) is 52.6 Å². The summed E-state index contributed by atoms with van der Waals surface area (Å²) in [5.41, 5.74) is 2.25. The average molecular weight is 304 g/mol. The van der Waals surface area contributed by atoms with E-state index < -0.39 is 5.60 Å². The van der Waals surface area contributed by atoms with Crippen LogP contribution in [-0.2, 0) is 0 Å². The van der Waals surface area contributed by atoms with Crippen molar-refractivity contribution in [3.63, 3.8) is 0 Å². The van der Waals surface area contributed by atoms with Crippen molar-refractivity contribution in [3.05, 3.63) is 29.3 Å². The highest BCUT2D eigenvalue weighted by atomic mass is 16.3. The third-order valence-corrected chi connectivity index (χ3v) is 4.75. The summed E-state index contributed by atoms with van der Waals surface area (Å²) in [4.78, 5) is 14.2. The maximum absolute atomic E-state index is 12.4. The van der Waals surface area contributed by atoms with Crippen LogP contribution in [0.2, 0.25) is 0 Å². The largest absolute Gasteiger partial charge is 0.389 e. The van der Waals surface area contributed by atoms with Crippen LogP contribution >= 0.6 is 0 Å². The lowest BCUT2D eigenvalue weighted by Crippen LogP contribution is -2.53. The number of aryl methyl sites for hydroxylation is 2. The van der Waals surface area contributed by atoms with Crippen molar-refractivity contribution in [2.45, 2.75) is 53.1 Å². The number of hydrogen-bond donors (Lipinski definition) is 2. The first kappa shape index (κ1) is 16.8. The molecule has 0 aromatic heterocycles. The zero-order valence-corrected chi connectivity index (χ0v) is 14.4. The lowest BCUT2D eigenvalue weighted by molar-refractivity contribution is -0.0925. The Morgan fingerprint density at radius 1 is 1.14 bits per heavy atom. The van der Waals surface area contributed by atoms with E-state index in [4.69, 9.17) is 0 Å². The molecule has 1 saturated heterocycles. The minimum atomic E-state index is -0.691. The van der Waals surface area contributed by atoms with Crippen molar-refractivity contribution in [3.8, 4) is 0 Å². The summed E-state index contributed by atoms with van der Waals surface area (Å²) in [6.07, 6.45) is 1.24. The number of piperidine rings is 1. The molecule has 1 heterocycles. The molecule has 2 N–H and O–H groups in total. The quantitative estimate of drug-likeness (QED) is 0.831. The first-order valence-corrected chi connectivity index (χ1v) is 7.97. The van der Waals surface area contributed by atoms with Crippen LogP contribution < -0.4 is 5.32 Å². The second-order valence-corrected chi connectivity index (χ2v) is 7.58. The number of amides is 2. The Labute approximate surface area is 133 Å². The van der Waals surface area contributed by atoms with Gasteiger partial charge in [-0.15, -0.1) is 0 Å². The van der Waals surface area contributed by atoms with Gasteiger partial charge in [0.1, 0.15) is 0 Å². The summed E-state index contributed by atoms with van der Waals surface area (Å²) < 4.78 is 0. The fraction of sp³-hybridized carbons (Fsp3) is 0.611. The van der Waals surface area contributed by atoms with Gasteiger partial charge in [0.15, 0.2) is 0 Å². The van der Waals surface area contributed by atoms with Gasteiger partial charge in [-0.3, -0.25) is 0 Å². The smallest absolute Gasteiger partial charge is 0.321 e. The fourth-order valence-electron chi connectivity index (χ4n) is 3.08. The Kier molecular flexibility index (Phi) is 4.52. The van der Waals surface area contributed by atoms with Crippen LogP contribution in [0, 0.1) is 19.3 Å². The van der Waals surface area contributed by atoms with Crippen molar-refractivity contribution >= 4 is 11.7 Å². The predicted octanol–water partition coefficient (Wildman–Crippen LogP) is 3.71. The van der Waals surface area contributed by atoms with Crippen LogP contribution in [0.1, 0.15) is 44.7 Å². The van der Waals surface area contributed by atoms with Crippen molar-refractivity contribution in [2.24, 2.45) is 5.41 Å². The molecule has 122 valence electrons. The third-order valence-electron chi connectivity index (χ3n) is 4.75. The first-order chi connectivity index (χ1) is 10.1. The normalized spacial score (nSPS) is 18.2. The van der Waals surface area contributed by atoms with Crippen LogP contribution in [0.15, 0.2) is 18.2 Å². The minimum absolute atomic E-state index is 0.0824. The number of carbonyl (C=O) groups is 1. The fourth-order valence-corrected chi connectivity index (χ4v) is 3.08. The van der Waals surface area contributed by atoms with Gasteiger partial charge in [0.2, 0.25) is 0 Å². The number of anilines is 1. The second-order valence-electron chi connectivity index (χ2n) is 7.58. The standard InChI is InChI=1S/C18H28N2O2/c1-13-10-14(2)12-15(11-13)19-16(21)20-8-6-18(22,7-9-20)17(3,4)5/h10-12,22H,6-9H2,1-5H3,(H,19,21). The van der Waals surface area contributed by atoms with E-state index in [1.165, 1.54) is 0 Å². The molecule has 2 rings (SSSR count). The van der Waals surface area contributed by atoms with E-state index >= 15 is 0 Å². The Morgan fingerprint density at radius 3 is 2.09 bits per heavy atom. The molecule has 0 saturated carbocycles. The molecule has 0 bridgehead atoms. The van der Waals surface area contributed by atoms with Gasteiger partial charge in [-0.05, 0) is 55.4 Å². The van der Waals surface area contributed by atoms with Crippen LogP contribution in [0.25, 0.3) is 0 Å². The minimum Gasteiger partial charge on any atom is -0.389 e. The summed E-state index contributed by atoms with van der Waals surface area (Å²) in [6.45, 7) is 11.4. The van der Waals surface area contributed by atoms with E-state index in [1.54, 1.807) is 4.90 Å². The number of aliphatic hydroxyl groups is 1. The molecule has 1 fully saturated rings. The molecule has 22 heavy (non-hydrogen) atoms. The number of nitrogens with one attached hydrogen (secondary N) is 1. The number of rotatable bonds is 1. The molecule has 0 unspecified atom stereocenters. The average Bonchev–Trinajstić information content (AvgIpc) is 2.36. The van der Waals surface area contributed by atoms with Gasteiger partial charge in [0, 0.05) is 18.8 Å². The Bertz CT molecular complexity index is 532.